The van der Waals surface area contributed by atoms with Crippen LogP contribution in [0.5, 0.6) is 0 Å². The Kier molecular flexibility index (Phi) is 3.00. The zero-order valence-electron chi connectivity index (χ0n) is 9.13. The molecule has 0 amide bonds. The summed E-state index contributed by atoms with van der Waals surface area (Å²) in [5.74, 6) is 0. The third-order valence-electron chi connectivity index (χ3n) is 2.87. The first kappa shape index (κ1) is 11.0. The minimum Gasteiger partial charge on any atom is -0.396 e. The van der Waals surface area contributed by atoms with Gasteiger partial charge >= 0.3 is 0 Å². The van der Waals surface area contributed by atoms with E-state index in [-0.39, 0.29) is 17.6 Å². The molecule has 0 radical (unpaired) electrons. The lowest BCUT2D eigenvalue weighted by molar-refractivity contribution is -0.152. The summed E-state index contributed by atoms with van der Waals surface area (Å²) in [6.45, 7) is 9.07. The van der Waals surface area contributed by atoms with Crippen molar-refractivity contribution in [1.82, 2.24) is 4.90 Å². The molecule has 78 valence electrons. The first-order chi connectivity index (χ1) is 5.90. The van der Waals surface area contributed by atoms with Crippen LogP contribution < -0.4 is 0 Å². The lowest BCUT2D eigenvalue weighted by Crippen LogP contribution is -2.55. The Balaban J connectivity index is 2.47. The first-order valence-electron chi connectivity index (χ1n) is 4.79. The summed E-state index contributed by atoms with van der Waals surface area (Å²) in [5.41, 5.74) is 0.166. The minimum absolute atomic E-state index is 0.00201. The van der Waals surface area contributed by atoms with Crippen molar-refractivity contribution in [3.8, 4) is 0 Å². The maximum absolute atomic E-state index is 9.24. The van der Waals surface area contributed by atoms with E-state index in [1.54, 1.807) is 0 Å². The molecule has 0 saturated carbocycles. The highest BCUT2D eigenvalue weighted by Crippen LogP contribution is 2.29. The van der Waals surface area contributed by atoms with E-state index in [1.807, 2.05) is 0 Å². The first-order valence-corrected chi connectivity index (χ1v) is 4.79. The van der Waals surface area contributed by atoms with Gasteiger partial charge in [0.15, 0.2) is 0 Å². The molecule has 1 fully saturated rings. The van der Waals surface area contributed by atoms with Crippen molar-refractivity contribution >= 4 is 0 Å². The Morgan fingerprint density at radius 1 is 1.38 bits per heavy atom. The van der Waals surface area contributed by atoms with Gasteiger partial charge in [0.25, 0.3) is 0 Å². The maximum Gasteiger partial charge on any atom is 0.0579 e. The van der Waals surface area contributed by atoms with Gasteiger partial charge in [0.1, 0.15) is 0 Å². The summed E-state index contributed by atoms with van der Waals surface area (Å²) in [6, 6.07) is 0. The van der Waals surface area contributed by atoms with E-state index in [0.717, 1.165) is 6.54 Å². The fraction of sp³-hybridized carbons (Fsp3) is 1.00. The van der Waals surface area contributed by atoms with Crippen LogP contribution in [-0.2, 0) is 4.74 Å². The molecule has 0 aromatic rings. The van der Waals surface area contributed by atoms with E-state index in [4.69, 9.17) is 4.74 Å². The quantitative estimate of drug-likeness (QED) is 0.707. The van der Waals surface area contributed by atoms with Crippen LogP contribution in [0.1, 0.15) is 20.8 Å². The molecule has 1 rings (SSSR count). The second-order valence-electron chi connectivity index (χ2n) is 5.18. The van der Waals surface area contributed by atoms with Crippen LogP contribution in [0.3, 0.4) is 0 Å². The number of ether oxygens (including phenoxy) is 1. The van der Waals surface area contributed by atoms with Crippen LogP contribution in [-0.4, -0.2) is 49.0 Å². The average Bonchev–Trinajstić information content (AvgIpc) is 1.94. The smallest absolute Gasteiger partial charge is 0.0579 e. The van der Waals surface area contributed by atoms with Crippen LogP contribution in [0, 0.1) is 5.41 Å². The molecule has 13 heavy (non-hydrogen) atoms. The molecule has 3 nitrogen and oxygen atoms in total. The van der Waals surface area contributed by atoms with Crippen molar-refractivity contribution in [1.29, 1.82) is 0 Å². The third kappa shape index (κ3) is 2.42. The lowest BCUT2D eigenvalue weighted by atomic mass is 9.85. The van der Waals surface area contributed by atoms with Crippen LogP contribution in [0.2, 0.25) is 0 Å². The van der Waals surface area contributed by atoms with Gasteiger partial charge in [0.2, 0.25) is 0 Å². The van der Waals surface area contributed by atoms with Gasteiger partial charge in [-0.1, -0.05) is 0 Å². The summed E-state index contributed by atoms with van der Waals surface area (Å²) in [6.07, 6.45) is 0. The zero-order valence-corrected chi connectivity index (χ0v) is 9.13. The molecule has 0 spiro atoms. The van der Waals surface area contributed by atoms with E-state index >= 15 is 0 Å². The highest BCUT2D eigenvalue weighted by molar-refractivity contribution is 4.90. The van der Waals surface area contributed by atoms with Gasteiger partial charge in [-0.15, -0.1) is 0 Å². The van der Waals surface area contributed by atoms with Gasteiger partial charge in [-0.3, -0.25) is 0 Å². The van der Waals surface area contributed by atoms with Crippen LogP contribution in [0.4, 0.5) is 0 Å². The molecule has 1 aliphatic heterocycles. The second kappa shape index (κ2) is 3.56. The van der Waals surface area contributed by atoms with Crippen LogP contribution >= 0.6 is 0 Å². The minimum atomic E-state index is 0.00201. The second-order valence-corrected chi connectivity index (χ2v) is 5.18. The predicted octanol–water partition coefficient (Wildman–Crippen LogP) is 0.726. The predicted molar refractivity (Wildman–Crippen MR) is 52.7 cm³/mol. The average molecular weight is 187 g/mol. The summed E-state index contributed by atoms with van der Waals surface area (Å²) in [4.78, 5) is 2.27. The van der Waals surface area contributed by atoms with E-state index in [1.165, 1.54) is 0 Å². The van der Waals surface area contributed by atoms with Gasteiger partial charge in [-0.2, -0.15) is 0 Å². The highest BCUT2D eigenvalue weighted by atomic mass is 16.5. The van der Waals surface area contributed by atoms with Crippen molar-refractivity contribution in [2.45, 2.75) is 26.3 Å². The number of hydrogen-bond acceptors (Lipinski definition) is 3. The summed E-state index contributed by atoms with van der Waals surface area (Å²) in [7, 11) is 2.09. The Hall–Kier alpha value is -0.120. The van der Waals surface area contributed by atoms with Crippen molar-refractivity contribution in [2.24, 2.45) is 5.41 Å². The molecular formula is C10H21NO2. The van der Waals surface area contributed by atoms with Crippen molar-refractivity contribution < 1.29 is 9.84 Å². The van der Waals surface area contributed by atoms with E-state index in [2.05, 4.69) is 32.7 Å². The van der Waals surface area contributed by atoms with Gasteiger partial charge < -0.3 is 14.7 Å². The van der Waals surface area contributed by atoms with Crippen molar-refractivity contribution in [2.75, 3.05) is 33.4 Å². The largest absolute Gasteiger partial charge is 0.396 e. The molecular weight excluding hydrogens is 166 g/mol. The van der Waals surface area contributed by atoms with Gasteiger partial charge in [-0.25, -0.2) is 0 Å². The number of nitrogens with zero attached hydrogens (tertiary/aromatic N) is 1. The lowest BCUT2D eigenvalue weighted by Gasteiger charge is -2.45. The normalized spacial score (nSPS) is 21.7. The molecule has 0 bridgehead atoms. The molecule has 0 aromatic heterocycles. The Labute approximate surface area is 80.7 Å². The molecule has 1 saturated heterocycles. The molecule has 3 heteroatoms. The van der Waals surface area contributed by atoms with Gasteiger partial charge in [0.05, 0.1) is 25.2 Å². The number of aliphatic hydroxyl groups excluding tert-OH is 1. The van der Waals surface area contributed by atoms with Crippen LogP contribution in [0.15, 0.2) is 0 Å². The fourth-order valence-corrected chi connectivity index (χ4v) is 1.36. The van der Waals surface area contributed by atoms with Gasteiger partial charge in [-0.05, 0) is 27.8 Å². The highest BCUT2D eigenvalue weighted by Gasteiger charge is 2.40. The molecule has 0 unspecified atom stereocenters. The molecule has 0 aliphatic carbocycles. The fourth-order valence-electron chi connectivity index (χ4n) is 1.36. The number of rotatable bonds is 3. The monoisotopic (exact) mass is 187 g/mol. The van der Waals surface area contributed by atoms with Crippen molar-refractivity contribution in [3.05, 3.63) is 0 Å². The van der Waals surface area contributed by atoms with Gasteiger partial charge in [0, 0.05) is 12.1 Å². The number of aliphatic hydroxyl groups is 1. The van der Waals surface area contributed by atoms with Crippen LogP contribution in [0.25, 0.3) is 0 Å². The summed E-state index contributed by atoms with van der Waals surface area (Å²) < 4.78 is 5.16. The molecule has 0 aromatic carbocycles. The number of hydrogen-bond donors (Lipinski definition) is 1. The SMILES string of the molecule is CN(CC1(CO)COC1)C(C)(C)C. The Morgan fingerprint density at radius 2 is 1.92 bits per heavy atom. The van der Waals surface area contributed by atoms with E-state index in [0.29, 0.717) is 13.2 Å². The third-order valence-corrected chi connectivity index (χ3v) is 2.87. The van der Waals surface area contributed by atoms with E-state index < -0.39 is 0 Å². The standard InChI is InChI=1S/C10H21NO2/c1-9(2,3)11(4)5-10(6-12)7-13-8-10/h12H,5-8H2,1-4H3. The maximum atomic E-state index is 9.24. The van der Waals surface area contributed by atoms with Crippen molar-refractivity contribution in [3.63, 3.8) is 0 Å². The summed E-state index contributed by atoms with van der Waals surface area (Å²) >= 11 is 0. The van der Waals surface area contributed by atoms with E-state index in [9.17, 15) is 5.11 Å². The molecule has 0 atom stereocenters. The molecule has 1 aliphatic rings. The molecule has 1 heterocycles. The zero-order chi connectivity index (χ0) is 10.1. The Morgan fingerprint density at radius 3 is 2.15 bits per heavy atom. The Bertz CT molecular complexity index is 165. The molecule has 1 N–H and O–H groups in total. The summed E-state index contributed by atoms with van der Waals surface area (Å²) in [5, 5.41) is 9.24. The topological polar surface area (TPSA) is 32.7 Å².